The van der Waals surface area contributed by atoms with Crippen molar-refractivity contribution in [2.45, 2.75) is 38.6 Å². The zero-order valence-corrected chi connectivity index (χ0v) is 17.1. The Kier molecular flexibility index (Phi) is 6.73. The van der Waals surface area contributed by atoms with Gasteiger partial charge in [0.05, 0.1) is 12.8 Å². The van der Waals surface area contributed by atoms with Gasteiger partial charge < -0.3 is 24.8 Å². The van der Waals surface area contributed by atoms with Crippen LogP contribution in [0, 0.1) is 0 Å². The maximum absolute atomic E-state index is 5.49. The van der Waals surface area contributed by atoms with E-state index in [9.17, 15) is 0 Å². The third-order valence-electron chi connectivity index (χ3n) is 4.81. The molecule has 28 heavy (non-hydrogen) atoms. The number of nitrogens with zero attached hydrogens (tertiary/aromatic N) is 4. The highest BCUT2D eigenvalue weighted by molar-refractivity contribution is 5.80. The molecule has 1 aromatic heterocycles. The van der Waals surface area contributed by atoms with Crippen LogP contribution in [-0.4, -0.2) is 55.9 Å². The number of ether oxygens (including phenoxy) is 1. The lowest BCUT2D eigenvalue weighted by Gasteiger charge is -2.22. The number of aliphatic imine (C=N–C) groups is 1. The average molecular weight is 387 g/mol. The number of methoxy groups -OCH3 is 1. The first-order chi connectivity index (χ1) is 13.6. The molecule has 0 aliphatic carbocycles. The van der Waals surface area contributed by atoms with Crippen LogP contribution in [0.2, 0.25) is 0 Å². The van der Waals surface area contributed by atoms with E-state index in [1.165, 1.54) is 0 Å². The van der Waals surface area contributed by atoms with Crippen molar-refractivity contribution in [3.8, 4) is 5.75 Å². The van der Waals surface area contributed by atoms with Gasteiger partial charge in [-0.3, -0.25) is 4.99 Å². The second-order valence-corrected chi connectivity index (χ2v) is 7.20. The maximum Gasteiger partial charge on any atom is 0.228 e. The van der Waals surface area contributed by atoms with Gasteiger partial charge in [-0.05, 0) is 18.6 Å². The topological polar surface area (TPSA) is 87.8 Å². The molecule has 0 spiro atoms. The predicted molar refractivity (Wildman–Crippen MR) is 110 cm³/mol. The van der Waals surface area contributed by atoms with Crippen LogP contribution >= 0.6 is 0 Å². The fourth-order valence-corrected chi connectivity index (χ4v) is 3.27. The number of para-hydroxylation sites is 2. The standard InChI is InChI=1S/C20H30N6O2/c1-14(2)19-24-18(28-25-19)9-11-22-20(21-3)23-15-10-12-26(13-15)16-7-5-6-8-17(16)27-4/h5-8,14-15H,9-13H2,1-4H3,(H2,21,22,23). The van der Waals surface area contributed by atoms with E-state index < -0.39 is 0 Å². The van der Waals surface area contributed by atoms with E-state index in [1.54, 1.807) is 14.2 Å². The Labute approximate surface area is 166 Å². The van der Waals surface area contributed by atoms with E-state index in [2.05, 4.69) is 50.6 Å². The Balaban J connectivity index is 1.47. The van der Waals surface area contributed by atoms with Crippen LogP contribution in [0.15, 0.2) is 33.8 Å². The number of nitrogens with one attached hydrogen (secondary N) is 2. The van der Waals surface area contributed by atoms with Gasteiger partial charge in [0.2, 0.25) is 5.89 Å². The summed E-state index contributed by atoms with van der Waals surface area (Å²) in [5.41, 5.74) is 1.13. The summed E-state index contributed by atoms with van der Waals surface area (Å²) < 4.78 is 10.8. The van der Waals surface area contributed by atoms with Gasteiger partial charge >= 0.3 is 0 Å². The molecule has 8 heteroatoms. The summed E-state index contributed by atoms with van der Waals surface area (Å²) in [6.07, 6.45) is 1.71. The Morgan fingerprint density at radius 1 is 1.39 bits per heavy atom. The van der Waals surface area contributed by atoms with E-state index in [1.807, 2.05) is 18.2 Å². The normalized spacial score (nSPS) is 17.2. The number of hydrogen-bond acceptors (Lipinski definition) is 6. The number of rotatable bonds is 7. The Bertz CT molecular complexity index is 789. The maximum atomic E-state index is 5.49. The van der Waals surface area contributed by atoms with Gasteiger partial charge in [0, 0.05) is 45.1 Å². The summed E-state index contributed by atoms with van der Waals surface area (Å²) >= 11 is 0. The molecule has 1 unspecified atom stereocenters. The molecule has 8 nitrogen and oxygen atoms in total. The third-order valence-corrected chi connectivity index (χ3v) is 4.81. The Morgan fingerprint density at radius 3 is 2.93 bits per heavy atom. The van der Waals surface area contributed by atoms with Gasteiger partial charge in [0.15, 0.2) is 11.8 Å². The van der Waals surface area contributed by atoms with Crippen LogP contribution in [0.5, 0.6) is 5.75 Å². The number of anilines is 1. The first-order valence-corrected chi connectivity index (χ1v) is 9.78. The largest absolute Gasteiger partial charge is 0.495 e. The van der Waals surface area contributed by atoms with Crippen LogP contribution in [0.25, 0.3) is 0 Å². The molecule has 0 amide bonds. The highest BCUT2D eigenvalue weighted by Gasteiger charge is 2.25. The second kappa shape index (κ2) is 9.43. The smallest absolute Gasteiger partial charge is 0.228 e. The van der Waals surface area contributed by atoms with Crippen molar-refractivity contribution < 1.29 is 9.26 Å². The van der Waals surface area contributed by atoms with Crippen LogP contribution < -0.4 is 20.3 Å². The van der Waals surface area contributed by atoms with Crippen molar-refractivity contribution >= 4 is 11.6 Å². The molecule has 0 radical (unpaired) electrons. The van der Waals surface area contributed by atoms with Gasteiger partial charge in [0.25, 0.3) is 0 Å². The highest BCUT2D eigenvalue weighted by Crippen LogP contribution is 2.30. The van der Waals surface area contributed by atoms with Crippen molar-refractivity contribution in [1.29, 1.82) is 0 Å². The lowest BCUT2D eigenvalue weighted by atomic mass is 10.2. The van der Waals surface area contributed by atoms with E-state index in [-0.39, 0.29) is 5.92 Å². The van der Waals surface area contributed by atoms with Gasteiger partial charge in [-0.1, -0.05) is 31.1 Å². The van der Waals surface area contributed by atoms with Crippen molar-refractivity contribution in [2.75, 3.05) is 38.7 Å². The molecule has 1 fully saturated rings. The zero-order valence-electron chi connectivity index (χ0n) is 17.1. The summed E-state index contributed by atoms with van der Waals surface area (Å²) in [4.78, 5) is 11.1. The second-order valence-electron chi connectivity index (χ2n) is 7.20. The number of aromatic nitrogens is 2. The molecule has 1 atom stereocenters. The zero-order chi connectivity index (χ0) is 19.9. The Hall–Kier alpha value is -2.77. The van der Waals surface area contributed by atoms with E-state index in [0.29, 0.717) is 24.9 Å². The van der Waals surface area contributed by atoms with Crippen molar-refractivity contribution in [3.63, 3.8) is 0 Å². The molecular weight excluding hydrogens is 356 g/mol. The summed E-state index contributed by atoms with van der Waals surface area (Å²) in [6.45, 7) is 6.67. The van der Waals surface area contributed by atoms with E-state index in [0.717, 1.165) is 42.7 Å². The number of benzene rings is 1. The first kappa shape index (κ1) is 20.0. The average Bonchev–Trinajstić information content (AvgIpc) is 3.37. The molecule has 0 bridgehead atoms. The van der Waals surface area contributed by atoms with Crippen molar-refractivity contribution in [1.82, 2.24) is 20.8 Å². The molecule has 0 saturated carbocycles. The molecule has 1 saturated heterocycles. The first-order valence-electron chi connectivity index (χ1n) is 9.78. The third kappa shape index (κ3) is 4.94. The van der Waals surface area contributed by atoms with Gasteiger partial charge in [0.1, 0.15) is 5.75 Å². The highest BCUT2D eigenvalue weighted by atomic mass is 16.5. The molecule has 1 aliphatic heterocycles. The van der Waals surface area contributed by atoms with Crippen LogP contribution in [0.1, 0.15) is 37.9 Å². The summed E-state index contributed by atoms with van der Waals surface area (Å²) in [7, 11) is 3.50. The van der Waals surface area contributed by atoms with Crippen LogP contribution in [0.3, 0.4) is 0 Å². The minimum atomic E-state index is 0.272. The predicted octanol–water partition coefficient (Wildman–Crippen LogP) is 2.19. The fraction of sp³-hybridized carbons (Fsp3) is 0.550. The van der Waals surface area contributed by atoms with Crippen molar-refractivity contribution in [2.24, 2.45) is 4.99 Å². The van der Waals surface area contributed by atoms with Gasteiger partial charge in [-0.25, -0.2) is 0 Å². The summed E-state index contributed by atoms with van der Waals surface area (Å²) in [5.74, 6) is 3.37. The molecule has 3 rings (SSSR count). The lowest BCUT2D eigenvalue weighted by molar-refractivity contribution is 0.371. The van der Waals surface area contributed by atoms with Crippen LogP contribution in [0.4, 0.5) is 5.69 Å². The molecule has 2 aromatic rings. The summed E-state index contributed by atoms with van der Waals surface area (Å²) in [6, 6.07) is 8.46. The SMILES string of the molecule is CN=C(NCCc1nc(C(C)C)no1)NC1CCN(c2ccccc2OC)C1. The van der Waals surface area contributed by atoms with Gasteiger partial charge in [-0.15, -0.1) is 0 Å². The molecule has 2 N–H and O–H groups in total. The van der Waals surface area contributed by atoms with Crippen LogP contribution in [-0.2, 0) is 6.42 Å². The quantitative estimate of drug-likeness (QED) is 0.557. The molecule has 1 aromatic carbocycles. The number of guanidine groups is 1. The molecular formula is C20H30N6O2. The van der Waals surface area contributed by atoms with Crippen molar-refractivity contribution in [3.05, 3.63) is 36.0 Å². The van der Waals surface area contributed by atoms with E-state index >= 15 is 0 Å². The molecule has 152 valence electrons. The summed E-state index contributed by atoms with van der Waals surface area (Å²) in [5, 5.41) is 10.8. The monoisotopic (exact) mass is 386 g/mol. The molecule has 2 heterocycles. The van der Waals surface area contributed by atoms with E-state index in [4.69, 9.17) is 9.26 Å². The fourth-order valence-electron chi connectivity index (χ4n) is 3.27. The lowest BCUT2D eigenvalue weighted by Crippen LogP contribution is -2.45. The molecule has 1 aliphatic rings. The Morgan fingerprint density at radius 2 is 2.21 bits per heavy atom. The minimum absolute atomic E-state index is 0.272. The number of hydrogen-bond donors (Lipinski definition) is 2. The van der Waals surface area contributed by atoms with Gasteiger partial charge in [-0.2, -0.15) is 4.98 Å². The minimum Gasteiger partial charge on any atom is -0.495 e.